The number of aliphatic hydroxyl groups excluding tert-OH is 1. The van der Waals surface area contributed by atoms with E-state index in [0.717, 1.165) is 6.07 Å². The lowest BCUT2D eigenvalue weighted by atomic mass is 10.1. The van der Waals surface area contributed by atoms with Gasteiger partial charge < -0.3 is 5.11 Å². The fourth-order valence-electron chi connectivity index (χ4n) is 1.29. The highest BCUT2D eigenvalue weighted by atomic mass is 35.5. The summed E-state index contributed by atoms with van der Waals surface area (Å²) in [5.74, 6) is 0. The number of nitro groups is 1. The third-order valence-electron chi connectivity index (χ3n) is 2.01. The van der Waals surface area contributed by atoms with Crippen LogP contribution in [0.3, 0.4) is 0 Å². The minimum atomic E-state index is -4.79. The molecule has 0 atom stereocenters. The van der Waals surface area contributed by atoms with E-state index in [4.69, 9.17) is 16.7 Å². The largest absolute Gasteiger partial charge is 0.502 e. The molecule has 98 valence electrons. The topological polar surface area (TPSA) is 63.4 Å². The summed E-state index contributed by atoms with van der Waals surface area (Å²) in [4.78, 5) is 9.68. The Morgan fingerprint density at radius 3 is 2.44 bits per heavy atom. The van der Waals surface area contributed by atoms with Crippen LogP contribution in [0.1, 0.15) is 11.1 Å². The van der Waals surface area contributed by atoms with Gasteiger partial charge in [0.25, 0.3) is 5.69 Å². The summed E-state index contributed by atoms with van der Waals surface area (Å²) >= 11 is 9.75. The summed E-state index contributed by atoms with van der Waals surface area (Å²) in [5, 5.41) is 18.3. The highest BCUT2D eigenvalue weighted by Crippen LogP contribution is 2.38. The number of alkyl halides is 3. The average Bonchev–Trinajstić information content (AvgIpc) is 2.13. The number of nitrogens with zero attached hydrogens (tertiary/aromatic N) is 1. The molecule has 1 N–H and O–H groups in total. The van der Waals surface area contributed by atoms with E-state index in [9.17, 15) is 23.3 Å². The van der Waals surface area contributed by atoms with E-state index in [0.29, 0.717) is 6.07 Å². The molecular weight excluding hydrogens is 295 g/mol. The summed E-state index contributed by atoms with van der Waals surface area (Å²) in [6.07, 6.45) is -5.20. The fraction of sp³-hybridized carbons (Fsp3) is 0.222. The van der Waals surface area contributed by atoms with Gasteiger partial charge in [-0.2, -0.15) is 13.2 Å². The molecule has 0 fully saturated rings. The van der Waals surface area contributed by atoms with Crippen LogP contribution in [0.5, 0.6) is 0 Å². The van der Waals surface area contributed by atoms with E-state index in [1.54, 1.807) is 0 Å². The smallest absolute Gasteiger partial charge is 0.418 e. The van der Waals surface area contributed by atoms with Crippen LogP contribution in [0.4, 0.5) is 18.9 Å². The Labute approximate surface area is 109 Å². The first-order chi connectivity index (χ1) is 8.12. The molecule has 0 aliphatic carbocycles. The summed E-state index contributed by atoms with van der Waals surface area (Å²) in [7, 11) is 0. The average molecular weight is 300 g/mol. The van der Waals surface area contributed by atoms with Crippen molar-refractivity contribution in [2.45, 2.75) is 12.6 Å². The van der Waals surface area contributed by atoms with Crippen molar-refractivity contribution in [2.24, 2.45) is 0 Å². The minimum absolute atomic E-state index is 0.175. The lowest BCUT2D eigenvalue weighted by Crippen LogP contribution is -2.09. The standard InChI is InChI=1S/C9H5ClF3NO3S/c10-6-1-4(2-8(15)18)7(14(16)17)3-5(6)9(11,12)13/h1,3H,2H2,(H,15,18). The van der Waals surface area contributed by atoms with E-state index in [2.05, 4.69) is 12.2 Å². The van der Waals surface area contributed by atoms with Crippen molar-refractivity contribution < 1.29 is 23.2 Å². The Kier molecular flexibility index (Phi) is 4.12. The van der Waals surface area contributed by atoms with Crippen LogP contribution in [0.15, 0.2) is 12.1 Å². The predicted octanol–water partition coefficient (Wildman–Crippen LogP) is 3.69. The maximum Gasteiger partial charge on any atom is 0.418 e. The van der Waals surface area contributed by atoms with Crippen molar-refractivity contribution in [2.75, 3.05) is 0 Å². The monoisotopic (exact) mass is 299 g/mol. The Morgan fingerprint density at radius 2 is 2.06 bits per heavy atom. The lowest BCUT2D eigenvalue weighted by Gasteiger charge is -2.10. The molecule has 0 saturated carbocycles. The summed E-state index contributed by atoms with van der Waals surface area (Å²) < 4.78 is 37.5. The highest BCUT2D eigenvalue weighted by Gasteiger charge is 2.36. The van der Waals surface area contributed by atoms with Crippen molar-refractivity contribution >= 4 is 34.6 Å². The van der Waals surface area contributed by atoms with Gasteiger partial charge in [-0.3, -0.25) is 10.1 Å². The maximum absolute atomic E-state index is 12.5. The van der Waals surface area contributed by atoms with Gasteiger partial charge in [0.1, 0.15) is 0 Å². The zero-order valence-electron chi connectivity index (χ0n) is 8.49. The molecule has 0 unspecified atom stereocenters. The molecule has 0 aromatic heterocycles. The summed E-state index contributed by atoms with van der Waals surface area (Å²) in [5.41, 5.74) is -2.27. The van der Waals surface area contributed by atoms with Crippen LogP contribution >= 0.6 is 23.8 Å². The predicted molar refractivity (Wildman–Crippen MR) is 62.0 cm³/mol. The van der Waals surface area contributed by atoms with Crippen molar-refractivity contribution in [3.8, 4) is 0 Å². The number of aliphatic hydroxyl groups is 1. The van der Waals surface area contributed by atoms with Crippen LogP contribution in [0.2, 0.25) is 5.02 Å². The molecule has 1 aromatic carbocycles. The van der Waals surface area contributed by atoms with Crippen molar-refractivity contribution in [1.82, 2.24) is 0 Å². The number of hydrogen-bond acceptors (Lipinski definition) is 3. The van der Waals surface area contributed by atoms with Gasteiger partial charge >= 0.3 is 6.18 Å². The Morgan fingerprint density at radius 1 is 1.50 bits per heavy atom. The maximum atomic E-state index is 12.5. The normalized spacial score (nSPS) is 11.3. The molecule has 18 heavy (non-hydrogen) atoms. The van der Waals surface area contributed by atoms with Gasteiger partial charge in [0.2, 0.25) is 0 Å². The van der Waals surface area contributed by atoms with E-state index >= 15 is 0 Å². The van der Waals surface area contributed by atoms with Gasteiger partial charge in [0.15, 0.2) is 5.05 Å². The number of benzene rings is 1. The molecule has 0 radical (unpaired) electrons. The first-order valence-electron chi connectivity index (χ1n) is 4.38. The molecule has 0 amide bonds. The third-order valence-corrected chi connectivity index (χ3v) is 2.47. The number of halogens is 4. The second-order valence-electron chi connectivity index (χ2n) is 3.29. The second kappa shape index (κ2) is 5.07. The SMILES string of the molecule is O=[N+]([O-])c1cc(C(F)(F)F)c(Cl)cc1CC(O)=S. The van der Waals surface area contributed by atoms with Crippen LogP contribution < -0.4 is 0 Å². The van der Waals surface area contributed by atoms with Gasteiger partial charge in [0, 0.05) is 18.1 Å². The van der Waals surface area contributed by atoms with Gasteiger partial charge in [0.05, 0.1) is 15.5 Å². The van der Waals surface area contributed by atoms with Crippen LogP contribution in [0.25, 0.3) is 0 Å². The van der Waals surface area contributed by atoms with Crippen molar-refractivity contribution in [3.63, 3.8) is 0 Å². The molecule has 1 aromatic rings. The van der Waals surface area contributed by atoms with E-state index in [1.165, 1.54) is 0 Å². The second-order valence-corrected chi connectivity index (χ2v) is 4.16. The number of thiocarbonyl (C=S) groups is 1. The summed E-state index contributed by atoms with van der Waals surface area (Å²) in [6.45, 7) is 0. The molecule has 0 heterocycles. The Hall–Kier alpha value is -1.41. The minimum Gasteiger partial charge on any atom is -0.502 e. The third kappa shape index (κ3) is 3.30. The van der Waals surface area contributed by atoms with Gasteiger partial charge in [-0.25, -0.2) is 0 Å². The lowest BCUT2D eigenvalue weighted by molar-refractivity contribution is -0.385. The van der Waals surface area contributed by atoms with Crippen LogP contribution in [-0.2, 0) is 12.6 Å². The summed E-state index contributed by atoms with van der Waals surface area (Å²) in [6, 6.07) is 1.11. The van der Waals surface area contributed by atoms with E-state index in [-0.39, 0.29) is 5.56 Å². The van der Waals surface area contributed by atoms with Gasteiger partial charge in [-0.1, -0.05) is 11.6 Å². The Bertz CT molecular complexity index is 519. The first kappa shape index (κ1) is 14.7. The zero-order valence-corrected chi connectivity index (χ0v) is 10.1. The molecule has 0 spiro atoms. The van der Waals surface area contributed by atoms with Crippen LogP contribution in [0, 0.1) is 10.1 Å². The highest BCUT2D eigenvalue weighted by molar-refractivity contribution is 7.80. The van der Waals surface area contributed by atoms with Gasteiger partial charge in [-0.15, -0.1) is 0 Å². The molecule has 0 saturated heterocycles. The molecule has 0 aliphatic heterocycles. The molecule has 4 nitrogen and oxygen atoms in total. The number of hydrogen-bond donors (Lipinski definition) is 1. The Balaban J connectivity index is 3.44. The van der Waals surface area contributed by atoms with Crippen molar-refractivity contribution in [1.29, 1.82) is 0 Å². The quantitative estimate of drug-likeness (QED) is 0.525. The number of nitro benzene ring substituents is 1. The van der Waals surface area contributed by atoms with E-state index < -0.39 is 38.8 Å². The zero-order chi connectivity index (χ0) is 14.1. The molecule has 9 heteroatoms. The van der Waals surface area contributed by atoms with Crippen molar-refractivity contribution in [3.05, 3.63) is 38.4 Å². The number of rotatable bonds is 3. The molecule has 0 aliphatic rings. The molecule has 0 bridgehead atoms. The van der Waals surface area contributed by atoms with E-state index in [1.807, 2.05) is 0 Å². The first-order valence-corrected chi connectivity index (χ1v) is 5.17. The van der Waals surface area contributed by atoms with Crippen LogP contribution in [-0.4, -0.2) is 15.1 Å². The fourth-order valence-corrected chi connectivity index (χ4v) is 1.74. The van der Waals surface area contributed by atoms with Gasteiger partial charge in [-0.05, 0) is 18.3 Å². The molecule has 1 rings (SSSR count). The molecular formula is C9H5ClF3NO3S.